The first-order valence-electron chi connectivity index (χ1n) is 8.87. The molecule has 0 saturated carbocycles. The van der Waals surface area contributed by atoms with Gasteiger partial charge in [0.25, 0.3) is 0 Å². The standard InChI is InChI=1S/C20H14ClN5O2/c21-20-12(8-22)6-11-2-1-3-17(19(11)24-20)28-14-4-5-16-15(7-14)18(26-25-16)13-9-23-27-10-13/h4-7,9-10,17H,1-3H2,(H,25,26). The minimum atomic E-state index is -0.211. The maximum atomic E-state index is 9.18. The number of hydrogen-bond acceptors (Lipinski definition) is 6. The summed E-state index contributed by atoms with van der Waals surface area (Å²) in [7, 11) is 0. The largest absolute Gasteiger partial charge is 0.484 e. The molecule has 0 saturated heterocycles. The molecular formula is C20H14ClN5O2. The Kier molecular flexibility index (Phi) is 3.99. The lowest BCUT2D eigenvalue weighted by molar-refractivity contribution is 0.178. The molecule has 3 heterocycles. The summed E-state index contributed by atoms with van der Waals surface area (Å²) in [6, 6.07) is 9.68. The Morgan fingerprint density at radius 2 is 2.25 bits per heavy atom. The van der Waals surface area contributed by atoms with Gasteiger partial charge in [0.05, 0.1) is 28.5 Å². The van der Waals surface area contributed by atoms with E-state index < -0.39 is 0 Å². The van der Waals surface area contributed by atoms with Crippen LogP contribution in [-0.2, 0) is 6.42 Å². The third kappa shape index (κ3) is 2.79. The number of ether oxygens (including phenoxy) is 1. The lowest BCUT2D eigenvalue weighted by Crippen LogP contribution is -2.17. The zero-order valence-electron chi connectivity index (χ0n) is 14.6. The van der Waals surface area contributed by atoms with E-state index in [9.17, 15) is 5.26 Å². The molecule has 7 nitrogen and oxygen atoms in total. The van der Waals surface area contributed by atoms with Crippen molar-refractivity contribution in [3.8, 4) is 23.1 Å². The molecule has 1 N–H and O–H groups in total. The van der Waals surface area contributed by atoms with Crippen LogP contribution in [-0.4, -0.2) is 20.3 Å². The second kappa shape index (κ2) is 6.66. The molecule has 0 aliphatic heterocycles. The number of hydrogen-bond donors (Lipinski definition) is 1. The minimum Gasteiger partial charge on any atom is -0.484 e. The fourth-order valence-electron chi connectivity index (χ4n) is 3.60. The Morgan fingerprint density at radius 1 is 1.32 bits per heavy atom. The van der Waals surface area contributed by atoms with E-state index in [-0.39, 0.29) is 11.3 Å². The average molecular weight is 392 g/mol. The molecule has 1 atom stereocenters. The molecule has 1 aliphatic carbocycles. The number of benzene rings is 1. The van der Waals surface area contributed by atoms with Gasteiger partial charge in [0, 0.05) is 5.39 Å². The summed E-state index contributed by atoms with van der Waals surface area (Å²) < 4.78 is 11.2. The molecule has 0 spiro atoms. The number of aryl methyl sites for hydroxylation is 1. The maximum absolute atomic E-state index is 9.18. The van der Waals surface area contributed by atoms with Crippen LogP contribution < -0.4 is 4.74 Å². The molecule has 4 aromatic rings. The van der Waals surface area contributed by atoms with Gasteiger partial charge in [-0.1, -0.05) is 16.8 Å². The first-order valence-corrected chi connectivity index (χ1v) is 9.24. The van der Waals surface area contributed by atoms with E-state index in [1.807, 2.05) is 24.3 Å². The van der Waals surface area contributed by atoms with Crippen molar-refractivity contribution in [3.05, 3.63) is 58.7 Å². The lowest BCUT2D eigenvalue weighted by Gasteiger charge is -2.25. The van der Waals surface area contributed by atoms with Gasteiger partial charge in [0.2, 0.25) is 0 Å². The highest BCUT2D eigenvalue weighted by Gasteiger charge is 2.25. The van der Waals surface area contributed by atoms with Gasteiger partial charge >= 0.3 is 0 Å². The monoisotopic (exact) mass is 391 g/mol. The Balaban J connectivity index is 1.51. The first-order chi connectivity index (χ1) is 13.7. The van der Waals surface area contributed by atoms with Crippen LogP contribution in [0.5, 0.6) is 5.75 Å². The molecule has 0 amide bonds. The molecule has 3 aromatic heterocycles. The quantitative estimate of drug-likeness (QED) is 0.512. The molecule has 0 radical (unpaired) electrons. The van der Waals surface area contributed by atoms with Crippen molar-refractivity contribution in [2.24, 2.45) is 0 Å². The number of aromatic nitrogens is 4. The van der Waals surface area contributed by atoms with Gasteiger partial charge in [-0.2, -0.15) is 10.4 Å². The molecule has 0 fully saturated rings. The Labute approximate surface area is 164 Å². The van der Waals surface area contributed by atoms with Crippen molar-refractivity contribution < 1.29 is 9.26 Å². The Bertz CT molecular complexity index is 1210. The number of nitriles is 1. The third-order valence-electron chi connectivity index (χ3n) is 4.94. The highest BCUT2D eigenvalue weighted by Crippen LogP contribution is 2.36. The number of pyridine rings is 1. The van der Waals surface area contributed by atoms with E-state index in [4.69, 9.17) is 20.9 Å². The van der Waals surface area contributed by atoms with Gasteiger partial charge in [-0.15, -0.1) is 0 Å². The van der Waals surface area contributed by atoms with Gasteiger partial charge in [0.15, 0.2) is 0 Å². The van der Waals surface area contributed by atoms with Crippen LogP contribution in [0.2, 0.25) is 5.15 Å². The second-order valence-corrected chi connectivity index (χ2v) is 7.03. The summed E-state index contributed by atoms with van der Waals surface area (Å²) in [5.41, 5.74) is 4.68. The Hall–Kier alpha value is -3.37. The van der Waals surface area contributed by atoms with E-state index in [0.717, 1.165) is 52.7 Å². The van der Waals surface area contributed by atoms with E-state index in [1.54, 1.807) is 12.5 Å². The predicted octanol–water partition coefficient (Wildman–Crippen LogP) is 4.59. The van der Waals surface area contributed by atoms with Crippen molar-refractivity contribution in [1.82, 2.24) is 20.3 Å². The summed E-state index contributed by atoms with van der Waals surface area (Å²) in [4.78, 5) is 4.45. The van der Waals surface area contributed by atoms with Gasteiger partial charge < -0.3 is 9.26 Å². The van der Waals surface area contributed by atoms with Crippen LogP contribution in [0.25, 0.3) is 22.2 Å². The van der Waals surface area contributed by atoms with Crippen molar-refractivity contribution >= 4 is 22.5 Å². The van der Waals surface area contributed by atoms with Crippen molar-refractivity contribution in [2.75, 3.05) is 0 Å². The van der Waals surface area contributed by atoms with Gasteiger partial charge in [-0.25, -0.2) is 4.98 Å². The molecule has 8 heteroatoms. The van der Waals surface area contributed by atoms with Crippen LogP contribution in [0, 0.1) is 11.3 Å². The highest BCUT2D eigenvalue weighted by molar-refractivity contribution is 6.30. The van der Waals surface area contributed by atoms with Gasteiger partial charge in [-0.05, 0) is 49.1 Å². The predicted molar refractivity (Wildman–Crippen MR) is 102 cm³/mol. The average Bonchev–Trinajstić information content (AvgIpc) is 3.37. The van der Waals surface area contributed by atoms with E-state index in [1.165, 1.54) is 0 Å². The number of nitrogens with one attached hydrogen (secondary N) is 1. The van der Waals surface area contributed by atoms with Crippen molar-refractivity contribution in [3.63, 3.8) is 0 Å². The molecule has 28 heavy (non-hydrogen) atoms. The van der Waals surface area contributed by atoms with E-state index in [0.29, 0.717) is 11.3 Å². The molecule has 138 valence electrons. The molecule has 1 aromatic carbocycles. The van der Waals surface area contributed by atoms with Crippen LogP contribution in [0.15, 0.2) is 41.2 Å². The molecule has 0 bridgehead atoms. The van der Waals surface area contributed by atoms with Crippen LogP contribution in [0.1, 0.15) is 35.8 Å². The van der Waals surface area contributed by atoms with Crippen molar-refractivity contribution in [2.45, 2.75) is 25.4 Å². The summed E-state index contributed by atoms with van der Waals surface area (Å²) in [6.45, 7) is 0. The fourth-order valence-corrected chi connectivity index (χ4v) is 3.79. The van der Waals surface area contributed by atoms with Gasteiger partial charge in [0.1, 0.15) is 35.0 Å². The first kappa shape index (κ1) is 16.8. The normalized spacial score (nSPS) is 15.9. The third-order valence-corrected chi connectivity index (χ3v) is 5.23. The number of rotatable bonds is 3. The minimum absolute atomic E-state index is 0.211. The second-order valence-electron chi connectivity index (χ2n) is 6.67. The number of aromatic amines is 1. The fraction of sp³-hybridized carbons (Fsp3) is 0.200. The SMILES string of the molecule is N#Cc1cc2c(nc1Cl)C(Oc1ccc3[nH]nc(-c4cnoc4)c3c1)CCC2. The summed E-state index contributed by atoms with van der Waals surface area (Å²) in [5, 5.41) is 21.4. The summed E-state index contributed by atoms with van der Waals surface area (Å²) in [6.07, 6.45) is 5.64. The van der Waals surface area contributed by atoms with E-state index >= 15 is 0 Å². The smallest absolute Gasteiger partial charge is 0.147 e. The number of halogens is 1. The maximum Gasteiger partial charge on any atom is 0.147 e. The molecule has 1 unspecified atom stereocenters. The van der Waals surface area contributed by atoms with Gasteiger partial charge in [-0.3, -0.25) is 5.10 Å². The van der Waals surface area contributed by atoms with E-state index in [2.05, 4.69) is 26.4 Å². The summed E-state index contributed by atoms with van der Waals surface area (Å²) in [5.74, 6) is 0.715. The Morgan fingerprint density at radius 3 is 3.07 bits per heavy atom. The number of fused-ring (bicyclic) bond motifs is 2. The van der Waals surface area contributed by atoms with Crippen LogP contribution in [0.4, 0.5) is 0 Å². The van der Waals surface area contributed by atoms with Crippen LogP contribution >= 0.6 is 11.6 Å². The zero-order chi connectivity index (χ0) is 19.1. The molecular weight excluding hydrogens is 378 g/mol. The number of H-pyrrole nitrogens is 1. The lowest BCUT2D eigenvalue weighted by atomic mass is 9.92. The zero-order valence-corrected chi connectivity index (χ0v) is 15.4. The van der Waals surface area contributed by atoms with Crippen molar-refractivity contribution in [1.29, 1.82) is 5.26 Å². The highest BCUT2D eigenvalue weighted by atomic mass is 35.5. The molecule has 1 aliphatic rings. The summed E-state index contributed by atoms with van der Waals surface area (Å²) >= 11 is 6.15. The van der Waals surface area contributed by atoms with Crippen LogP contribution in [0.3, 0.4) is 0 Å². The topological polar surface area (TPSA) is 101 Å². The number of nitrogens with zero attached hydrogens (tertiary/aromatic N) is 4. The molecule has 5 rings (SSSR count).